The topological polar surface area (TPSA) is 35.6 Å². The van der Waals surface area contributed by atoms with Crippen molar-refractivity contribution in [3.8, 4) is 0 Å². The summed E-state index contributed by atoms with van der Waals surface area (Å²) >= 11 is 0. The highest BCUT2D eigenvalue weighted by atomic mass is 19.1. The number of carbonyl (C=O) groups is 1. The molecule has 1 aliphatic heterocycles. The van der Waals surface area contributed by atoms with Crippen molar-refractivity contribution in [2.45, 2.75) is 32.2 Å². The van der Waals surface area contributed by atoms with Crippen LogP contribution in [0.4, 0.5) is 14.9 Å². The van der Waals surface area contributed by atoms with Crippen molar-refractivity contribution >= 4 is 11.7 Å². The molecule has 27 heavy (non-hydrogen) atoms. The highest BCUT2D eigenvalue weighted by molar-refractivity contribution is 5.76. The first-order chi connectivity index (χ1) is 13.0. The Bertz CT molecular complexity index is 837. The smallest absolute Gasteiger partial charge is 0.318 e. The number of hydrogen-bond donors (Lipinski definition) is 1. The van der Waals surface area contributed by atoms with Gasteiger partial charge in [-0.3, -0.25) is 0 Å². The fourth-order valence-electron chi connectivity index (χ4n) is 3.89. The molecule has 2 aromatic rings. The first-order valence-corrected chi connectivity index (χ1v) is 9.63. The van der Waals surface area contributed by atoms with Crippen LogP contribution in [0.5, 0.6) is 0 Å². The molecule has 1 N–H and O–H groups in total. The number of rotatable bonds is 3. The van der Waals surface area contributed by atoms with Gasteiger partial charge in [-0.15, -0.1) is 0 Å². The summed E-state index contributed by atoms with van der Waals surface area (Å²) in [6.45, 7) is 7.37. The molecule has 0 unspecified atom stereocenters. The van der Waals surface area contributed by atoms with Crippen molar-refractivity contribution in [1.82, 2.24) is 10.2 Å². The summed E-state index contributed by atoms with van der Waals surface area (Å²) in [5.41, 5.74) is 4.55. The molecular formula is C22H26FN3O. The van der Waals surface area contributed by atoms with E-state index >= 15 is 0 Å². The lowest BCUT2D eigenvalue weighted by Gasteiger charge is -2.37. The number of halogens is 1. The Kier molecular flexibility index (Phi) is 4.54. The Morgan fingerprint density at radius 2 is 1.67 bits per heavy atom. The molecule has 2 aromatic carbocycles. The second-order valence-electron chi connectivity index (χ2n) is 7.71. The predicted molar refractivity (Wildman–Crippen MR) is 106 cm³/mol. The summed E-state index contributed by atoms with van der Waals surface area (Å²) in [4.78, 5) is 17.0. The number of piperazine rings is 1. The molecule has 1 saturated carbocycles. The predicted octanol–water partition coefficient (Wildman–Crippen LogP) is 3.96. The van der Waals surface area contributed by atoms with E-state index in [-0.39, 0.29) is 17.4 Å². The van der Waals surface area contributed by atoms with E-state index in [2.05, 4.69) is 42.3 Å². The third-order valence-corrected chi connectivity index (χ3v) is 5.98. The lowest BCUT2D eigenvalue weighted by molar-refractivity contribution is 0.189. The summed E-state index contributed by atoms with van der Waals surface area (Å²) in [6.07, 6.45) is 1.82. The van der Waals surface area contributed by atoms with Crippen molar-refractivity contribution in [3.63, 3.8) is 0 Å². The molecule has 1 aliphatic carbocycles. The highest BCUT2D eigenvalue weighted by Crippen LogP contribution is 2.45. The summed E-state index contributed by atoms with van der Waals surface area (Å²) in [5.74, 6) is -0.247. The summed E-state index contributed by atoms with van der Waals surface area (Å²) in [6, 6.07) is 12.9. The number of anilines is 1. The summed E-state index contributed by atoms with van der Waals surface area (Å²) in [5, 5.41) is 3.19. The first-order valence-electron chi connectivity index (χ1n) is 9.63. The van der Waals surface area contributed by atoms with Crippen LogP contribution in [0, 0.1) is 19.7 Å². The minimum absolute atomic E-state index is 0.0163. The maximum atomic E-state index is 13.2. The Morgan fingerprint density at radius 3 is 2.30 bits per heavy atom. The summed E-state index contributed by atoms with van der Waals surface area (Å²) in [7, 11) is 0. The van der Waals surface area contributed by atoms with Gasteiger partial charge in [0.2, 0.25) is 0 Å². The van der Waals surface area contributed by atoms with E-state index in [4.69, 9.17) is 0 Å². The molecule has 1 heterocycles. The molecule has 0 spiro atoms. The van der Waals surface area contributed by atoms with Crippen molar-refractivity contribution < 1.29 is 9.18 Å². The fraction of sp³-hybridized carbons (Fsp3) is 0.409. The van der Waals surface area contributed by atoms with E-state index in [0.717, 1.165) is 31.5 Å². The van der Waals surface area contributed by atoms with Crippen LogP contribution >= 0.6 is 0 Å². The second kappa shape index (κ2) is 6.87. The number of benzene rings is 2. The molecular weight excluding hydrogens is 341 g/mol. The van der Waals surface area contributed by atoms with Crippen LogP contribution in [0.1, 0.15) is 29.5 Å². The molecule has 4 rings (SSSR count). The Morgan fingerprint density at radius 1 is 1.00 bits per heavy atom. The average Bonchev–Trinajstić information content (AvgIpc) is 3.45. The molecule has 2 aliphatic rings. The number of urea groups is 1. The Labute approximate surface area is 160 Å². The van der Waals surface area contributed by atoms with Gasteiger partial charge < -0.3 is 15.1 Å². The van der Waals surface area contributed by atoms with Gasteiger partial charge in [0.05, 0.1) is 5.54 Å². The van der Waals surface area contributed by atoms with Crippen molar-refractivity contribution in [3.05, 3.63) is 65.0 Å². The summed E-state index contributed by atoms with van der Waals surface area (Å²) < 4.78 is 13.2. The maximum absolute atomic E-state index is 13.2. The van der Waals surface area contributed by atoms with Crippen LogP contribution in [0.25, 0.3) is 0 Å². The molecule has 1 saturated heterocycles. The molecule has 142 valence electrons. The van der Waals surface area contributed by atoms with E-state index in [9.17, 15) is 9.18 Å². The van der Waals surface area contributed by atoms with Gasteiger partial charge in [-0.05, 0) is 61.6 Å². The molecule has 4 nitrogen and oxygen atoms in total. The van der Waals surface area contributed by atoms with E-state index in [0.29, 0.717) is 13.1 Å². The molecule has 0 aromatic heterocycles. The van der Waals surface area contributed by atoms with Crippen molar-refractivity contribution in [2.24, 2.45) is 0 Å². The quantitative estimate of drug-likeness (QED) is 0.891. The zero-order chi connectivity index (χ0) is 19.0. The monoisotopic (exact) mass is 367 g/mol. The normalized spacial score (nSPS) is 18.3. The lowest BCUT2D eigenvalue weighted by Crippen LogP contribution is -2.53. The molecule has 0 radical (unpaired) electrons. The number of aryl methyl sites for hydroxylation is 1. The Balaban J connectivity index is 1.38. The van der Waals surface area contributed by atoms with Crippen LogP contribution in [0.15, 0.2) is 42.5 Å². The standard InChI is InChI=1S/C22H26FN3O/c1-16-4-3-5-20(17(16)2)25-12-14-26(15-13-25)21(27)24-22(10-11-22)18-6-8-19(23)9-7-18/h3-9H,10-15H2,1-2H3,(H,24,27). The number of nitrogens with one attached hydrogen (secondary N) is 1. The third-order valence-electron chi connectivity index (χ3n) is 5.98. The molecule has 2 amide bonds. The van der Waals surface area contributed by atoms with Gasteiger partial charge in [-0.2, -0.15) is 0 Å². The van der Waals surface area contributed by atoms with E-state index in [1.54, 1.807) is 12.1 Å². The van der Waals surface area contributed by atoms with Gasteiger partial charge >= 0.3 is 6.03 Å². The molecule has 5 heteroatoms. The molecule has 0 atom stereocenters. The lowest BCUT2D eigenvalue weighted by atomic mass is 10.1. The Hall–Kier alpha value is -2.56. The van der Waals surface area contributed by atoms with Gasteiger partial charge in [-0.1, -0.05) is 24.3 Å². The minimum atomic E-state index is -0.310. The number of carbonyl (C=O) groups excluding carboxylic acids is 1. The van der Waals surface area contributed by atoms with Crippen LogP contribution in [-0.2, 0) is 5.54 Å². The fourth-order valence-corrected chi connectivity index (χ4v) is 3.89. The first kappa shape index (κ1) is 17.8. The highest BCUT2D eigenvalue weighted by Gasteiger charge is 2.46. The maximum Gasteiger partial charge on any atom is 0.318 e. The van der Waals surface area contributed by atoms with Crippen LogP contribution in [-0.4, -0.2) is 37.1 Å². The van der Waals surface area contributed by atoms with Gasteiger partial charge in [-0.25, -0.2) is 9.18 Å². The van der Waals surface area contributed by atoms with Crippen molar-refractivity contribution in [1.29, 1.82) is 0 Å². The third kappa shape index (κ3) is 3.51. The van der Waals surface area contributed by atoms with Crippen molar-refractivity contribution in [2.75, 3.05) is 31.1 Å². The van der Waals surface area contributed by atoms with Gasteiger partial charge in [0, 0.05) is 31.9 Å². The zero-order valence-electron chi connectivity index (χ0n) is 16.0. The average molecular weight is 367 g/mol. The SMILES string of the molecule is Cc1cccc(N2CCN(C(=O)NC3(c4ccc(F)cc4)CC3)CC2)c1C. The van der Waals surface area contributed by atoms with Crippen LogP contribution in [0.3, 0.4) is 0 Å². The van der Waals surface area contributed by atoms with Gasteiger partial charge in [0.1, 0.15) is 5.82 Å². The van der Waals surface area contributed by atoms with E-state index in [1.807, 2.05) is 4.90 Å². The van der Waals surface area contributed by atoms with Gasteiger partial charge in [0.25, 0.3) is 0 Å². The van der Waals surface area contributed by atoms with Crippen LogP contribution < -0.4 is 10.2 Å². The number of hydrogen-bond acceptors (Lipinski definition) is 2. The number of amides is 2. The molecule has 0 bridgehead atoms. The molecule has 2 fully saturated rings. The van der Waals surface area contributed by atoms with Gasteiger partial charge in [0.15, 0.2) is 0 Å². The van der Waals surface area contributed by atoms with E-state index < -0.39 is 0 Å². The van der Waals surface area contributed by atoms with E-state index in [1.165, 1.54) is 28.9 Å². The zero-order valence-corrected chi connectivity index (χ0v) is 16.0. The van der Waals surface area contributed by atoms with Crippen LogP contribution in [0.2, 0.25) is 0 Å². The second-order valence-corrected chi connectivity index (χ2v) is 7.71. The minimum Gasteiger partial charge on any atom is -0.368 e. The number of nitrogens with zero attached hydrogens (tertiary/aromatic N) is 2. The largest absolute Gasteiger partial charge is 0.368 e.